The molecular weight excluding hydrogens is 314 g/mol. The van der Waals surface area contributed by atoms with Crippen LogP contribution in [-0.4, -0.2) is 29.4 Å². The van der Waals surface area contributed by atoms with E-state index in [9.17, 15) is 0 Å². The fraction of sp³-hybridized carbons (Fsp3) is 0.727. The molecule has 1 aliphatic heterocycles. The number of fused-ring (bicyclic) bond motifs is 1. The molecule has 24 heavy (non-hydrogen) atoms. The summed E-state index contributed by atoms with van der Waals surface area (Å²) < 4.78 is 0. The number of rotatable bonds is 3. The van der Waals surface area contributed by atoms with Gasteiger partial charge in [-0.3, -0.25) is 0 Å². The highest BCUT2D eigenvalue weighted by Crippen LogP contribution is 2.35. The minimum atomic E-state index is 0.470. The van der Waals surface area contributed by atoms with E-state index in [0.29, 0.717) is 5.38 Å². The molecule has 4 rings (SSSR count). The second kappa shape index (κ2) is 7.79. The Labute approximate surface area is 152 Å². The van der Waals surface area contributed by atoms with E-state index in [1.54, 1.807) is 11.1 Å². The number of alkyl halides is 1. The number of hydrogen-bond donors (Lipinski definition) is 0. The molecule has 1 aromatic rings. The summed E-state index contributed by atoms with van der Waals surface area (Å²) >= 11 is 6.26. The molecule has 2 heteroatoms. The quantitative estimate of drug-likeness (QED) is 0.659. The lowest BCUT2D eigenvalue weighted by molar-refractivity contribution is 0.109. The predicted molar refractivity (Wildman–Crippen MR) is 103 cm³/mol. The Bertz CT molecular complexity index is 527. The van der Waals surface area contributed by atoms with Crippen molar-refractivity contribution in [3.05, 3.63) is 35.4 Å². The van der Waals surface area contributed by atoms with Gasteiger partial charge in [0.05, 0.1) is 0 Å². The molecular formula is C22H32ClN. The second-order valence-electron chi connectivity index (χ2n) is 8.50. The van der Waals surface area contributed by atoms with Crippen molar-refractivity contribution in [2.45, 2.75) is 75.6 Å². The van der Waals surface area contributed by atoms with Crippen molar-refractivity contribution in [3.8, 4) is 0 Å². The van der Waals surface area contributed by atoms with Crippen molar-refractivity contribution in [3.63, 3.8) is 0 Å². The van der Waals surface area contributed by atoms with E-state index >= 15 is 0 Å². The molecule has 0 bridgehead atoms. The fourth-order valence-electron chi connectivity index (χ4n) is 5.37. The molecule has 1 saturated heterocycles. The molecule has 0 amide bonds. The SMILES string of the molecule is ClC1CCC(CC2CCN(C3CCc4ccccc4C3)CC2)CC1. The highest BCUT2D eigenvalue weighted by Gasteiger charge is 2.29. The molecule has 1 atom stereocenters. The van der Waals surface area contributed by atoms with Gasteiger partial charge in [-0.15, -0.1) is 11.6 Å². The monoisotopic (exact) mass is 345 g/mol. The molecule has 2 fully saturated rings. The zero-order chi connectivity index (χ0) is 16.4. The Hall–Kier alpha value is -0.530. The van der Waals surface area contributed by atoms with Crippen LogP contribution in [0.4, 0.5) is 0 Å². The van der Waals surface area contributed by atoms with E-state index in [-0.39, 0.29) is 0 Å². The zero-order valence-corrected chi connectivity index (χ0v) is 15.7. The van der Waals surface area contributed by atoms with Crippen molar-refractivity contribution in [1.82, 2.24) is 4.90 Å². The molecule has 1 unspecified atom stereocenters. The average Bonchev–Trinajstić information content (AvgIpc) is 2.64. The Morgan fingerprint density at radius 2 is 1.50 bits per heavy atom. The smallest absolute Gasteiger partial charge is 0.0336 e. The van der Waals surface area contributed by atoms with Gasteiger partial charge in [0, 0.05) is 11.4 Å². The number of aryl methyl sites for hydroxylation is 1. The summed E-state index contributed by atoms with van der Waals surface area (Å²) in [7, 11) is 0. The molecule has 0 spiro atoms. The third kappa shape index (κ3) is 3.99. The Balaban J connectivity index is 1.25. The Morgan fingerprint density at radius 3 is 2.25 bits per heavy atom. The second-order valence-corrected chi connectivity index (χ2v) is 9.12. The van der Waals surface area contributed by atoms with Crippen LogP contribution in [0.25, 0.3) is 0 Å². The highest BCUT2D eigenvalue weighted by atomic mass is 35.5. The van der Waals surface area contributed by atoms with Crippen molar-refractivity contribution >= 4 is 11.6 Å². The molecule has 3 aliphatic rings. The minimum absolute atomic E-state index is 0.470. The first-order valence-corrected chi connectivity index (χ1v) is 10.7. The van der Waals surface area contributed by atoms with E-state index in [0.717, 1.165) is 17.9 Å². The number of piperidine rings is 1. The van der Waals surface area contributed by atoms with Crippen molar-refractivity contribution in [1.29, 1.82) is 0 Å². The lowest BCUT2D eigenvalue weighted by Crippen LogP contribution is -2.44. The standard InChI is InChI=1S/C22H32ClN/c23-21-8-5-17(6-9-21)15-18-11-13-24(14-12-18)22-10-7-19-3-1-2-4-20(19)16-22/h1-4,17-18,21-22H,5-16H2. The van der Waals surface area contributed by atoms with E-state index in [1.165, 1.54) is 77.3 Å². The topological polar surface area (TPSA) is 3.24 Å². The van der Waals surface area contributed by atoms with E-state index < -0.39 is 0 Å². The highest BCUT2D eigenvalue weighted by molar-refractivity contribution is 6.20. The molecule has 1 aromatic carbocycles. The summed E-state index contributed by atoms with van der Waals surface area (Å²) in [5.74, 6) is 1.95. The number of hydrogen-bond acceptors (Lipinski definition) is 1. The summed E-state index contributed by atoms with van der Waals surface area (Å²) in [6.07, 6.45) is 13.5. The normalized spacial score (nSPS) is 32.5. The van der Waals surface area contributed by atoms with Gasteiger partial charge in [0.1, 0.15) is 0 Å². The maximum atomic E-state index is 6.26. The molecule has 1 saturated carbocycles. The molecule has 0 aromatic heterocycles. The lowest BCUT2D eigenvalue weighted by Gasteiger charge is -2.40. The van der Waals surface area contributed by atoms with Gasteiger partial charge in [-0.2, -0.15) is 0 Å². The summed E-state index contributed by atoms with van der Waals surface area (Å²) in [6, 6.07) is 9.88. The van der Waals surface area contributed by atoms with Gasteiger partial charge < -0.3 is 4.90 Å². The summed E-state index contributed by atoms with van der Waals surface area (Å²) in [4.78, 5) is 2.81. The Kier molecular flexibility index (Phi) is 5.49. The van der Waals surface area contributed by atoms with Gasteiger partial charge in [0.2, 0.25) is 0 Å². The van der Waals surface area contributed by atoms with Crippen molar-refractivity contribution in [2.75, 3.05) is 13.1 Å². The van der Waals surface area contributed by atoms with Crippen LogP contribution >= 0.6 is 11.6 Å². The van der Waals surface area contributed by atoms with Crippen LogP contribution in [-0.2, 0) is 12.8 Å². The van der Waals surface area contributed by atoms with Crippen LogP contribution in [0.15, 0.2) is 24.3 Å². The number of nitrogens with zero attached hydrogens (tertiary/aromatic N) is 1. The zero-order valence-electron chi connectivity index (χ0n) is 14.9. The molecule has 0 radical (unpaired) electrons. The maximum Gasteiger partial charge on any atom is 0.0336 e. The van der Waals surface area contributed by atoms with Crippen molar-refractivity contribution < 1.29 is 0 Å². The van der Waals surface area contributed by atoms with Gasteiger partial charge in [-0.1, -0.05) is 24.3 Å². The van der Waals surface area contributed by atoms with Gasteiger partial charge >= 0.3 is 0 Å². The van der Waals surface area contributed by atoms with E-state index in [1.807, 2.05) is 0 Å². The van der Waals surface area contributed by atoms with Crippen LogP contribution in [0, 0.1) is 11.8 Å². The fourth-order valence-corrected chi connectivity index (χ4v) is 5.62. The first-order valence-electron chi connectivity index (χ1n) is 10.2. The van der Waals surface area contributed by atoms with Gasteiger partial charge in [-0.25, -0.2) is 0 Å². The first-order chi connectivity index (χ1) is 11.8. The van der Waals surface area contributed by atoms with Gasteiger partial charge in [0.25, 0.3) is 0 Å². The first kappa shape index (κ1) is 16.9. The van der Waals surface area contributed by atoms with Crippen molar-refractivity contribution in [2.24, 2.45) is 11.8 Å². The van der Waals surface area contributed by atoms with Crippen LogP contribution in [0.2, 0.25) is 0 Å². The predicted octanol–water partition coefficient (Wildman–Crippen LogP) is 5.44. The summed E-state index contributed by atoms with van der Waals surface area (Å²) in [5.41, 5.74) is 3.20. The molecule has 1 nitrogen and oxygen atoms in total. The minimum Gasteiger partial charge on any atom is -0.300 e. The van der Waals surface area contributed by atoms with Crippen LogP contribution in [0.1, 0.15) is 62.5 Å². The summed E-state index contributed by atoms with van der Waals surface area (Å²) in [5, 5.41) is 0.470. The molecule has 132 valence electrons. The van der Waals surface area contributed by atoms with Crippen LogP contribution < -0.4 is 0 Å². The average molecular weight is 346 g/mol. The molecule has 2 aliphatic carbocycles. The van der Waals surface area contributed by atoms with Crippen LogP contribution in [0.3, 0.4) is 0 Å². The lowest BCUT2D eigenvalue weighted by atomic mass is 9.79. The maximum absolute atomic E-state index is 6.26. The number of benzene rings is 1. The third-order valence-electron chi connectivity index (χ3n) is 6.93. The van der Waals surface area contributed by atoms with Crippen LogP contribution in [0.5, 0.6) is 0 Å². The molecule has 1 heterocycles. The number of likely N-dealkylation sites (tertiary alicyclic amines) is 1. The third-order valence-corrected chi connectivity index (χ3v) is 7.37. The van der Waals surface area contributed by atoms with E-state index in [2.05, 4.69) is 29.2 Å². The van der Waals surface area contributed by atoms with Gasteiger partial charge in [0.15, 0.2) is 0 Å². The summed E-state index contributed by atoms with van der Waals surface area (Å²) in [6.45, 7) is 2.67. The van der Waals surface area contributed by atoms with E-state index in [4.69, 9.17) is 11.6 Å². The largest absolute Gasteiger partial charge is 0.300 e. The Morgan fingerprint density at radius 1 is 0.833 bits per heavy atom. The number of halogens is 1. The van der Waals surface area contributed by atoms with Gasteiger partial charge in [-0.05, 0) is 100 Å². The molecule has 0 N–H and O–H groups in total.